The molecule has 7 nitrogen and oxygen atoms in total. The number of benzene rings is 1. The minimum Gasteiger partial charge on any atom is -0.396 e. The Morgan fingerprint density at radius 3 is 2.61 bits per heavy atom. The van der Waals surface area contributed by atoms with Gasteiger partial charge < -0.3 is 20.6 Å². The van der Waals surface area contributed by atoms with Crippen molar-refractivity contribution in [3.8, 4) is 0 Å². The van der Waals surface area contributed by atoms with Gasteiger partial charge in [0.2, 0.25) is 0 Å². The number of aliphatic hydroxyl groups is 3. The van der Waals surface area contributed by atoms with Crippen molar-refractivity contribution < 1.29 is 20.2 Å². The van der Waals surface area contributed by atoms with E-state index in [4.69, 9.17) is 5.11 Å². The molecule has 0 saturated heterocycles. The number of nitro benzene ring substituents is 1. The average Bonchev–Trinajstić information content (AvgIpc) is 2.37. The van der Waals surface area contributed by atoms with Gasteiger partial charge in [0.05, 0.1) is 11.0 Å². The molecule has 0 aliphatic carbocycles. The summed E-state index contributed by atoms with van der Waals surface area (Å²) in [6, 6.07) is 4.16. The molecule has 4 N–H and O–H groups in total. The van der Waals surface area contributed by atoms with E-state index in [0.29, 0.717) is 5.69 Å². The van der Waals surface area contributed by atoms with Crippen molar-refractivity contribution in [2.45, 2.75) is 18.6 Å². The molecular formula is C11H16N2O5. The fraction of sp³-hybridized carbons (Fsp3) is 0.455. The SMILES string of the molecule is CNc1ccc(C(O)C(O)CCO)cc1[N+](=O)[O-]. The van der Waals surface area contributed by atoms with Gasteiger partial charge in [0, 0.05) is 19.7 Å². The molecule has 0 saturated carbocycles. The van der Waals surface area contributed by atoms with Crippen LogP contribution in [0.2, 0.25) is 0 Å². The number of rotatable bonds is 6. The number of nitrogens with zero attached hydrogens (tertiary/aromatic N) is 1. The monoisotopic (exact) mass is 256 g/mol. The topological polar surface area (TPSA) is 116 Å². The third-order valence-corrected chi connectivity index (χ3v) is 2.62. The number of aliphatic hydroxyl groups excluding tert-OH is 3. The summed E-state index contributed by atoms with van der Waals surface area (Å²) in [6.45, 7) is -0.269. The van der Waals surface area contributed by atoms with Gasteiger partial charge in [-0.1, -0.05) is 6.07 Å². The van der Waals surface area contributed by atoms with Gasteiger partial charge in [-0.05, 0) is 18.1 Å². The quantitative estimate of drug-likeness (QED) is 0.433. The molecule has 0 fully saturated rings. The van der Waals surface area contributed by atoms with E-state index >= 15 is 0 Å². The highest BCUT2D eigenvalue weighted by Gasteiger charge is 2.21. The molecule has 0 radical (unpaired) electrons. The number of hydrogen-bond donors (Lipinski definition) is 4. The highest BCUT2D eigenvalue weighted by Crippen LogP contribution is 2.29. The summed E-state index contributed by atoms with van der Waals surface area (Å²) in [4.78, 5) is 10.3. The lowest BCUT2D eigenvalue weighted by Gasteiger charge is -2.17. The molecule has 7 heteroatoms. The largest absolute Gasteiger partial charge is 0.396 e. The lowest BCUT2D eigenvalue weighted by Crippen LogP contribution is -2.19. The molecule has 100 valence electrons. The van der Waals surface area contributed by atoms with Gasteiger partial charge in [0.1, 0.15) is 11.8 Å². The lowest BCUT2D eigenvalue weighted by atomic mass is 10.0. The van der Waals surface area contributed by atoms with Crippen LogP contribution in [0.1, 0.15) is 18.1 Å². The average molecular weight is 256 g/mol. The first kappa shape index (κ1) is 14.4. The second-order valence-corrected chi connectivity index (χ2v) is 3.81. The molecule has 1 aromatic carbocycles. The van der Waals surface area contributed by atoms with Crippen LogP contribution in [0.3, 0.4) is 0 Å². The van der Waals surface area contributed by atoms with Crippen molar-refractivity contribution in [3.63, 3.8) is 0 Å². The van der Waals surface area contributed by atoms with E-state index in [1.54, 1.807) is 7.05 Å². The number of nitro groups is 1. The Hall–Kier alpha value is -1.70. The molecule has 2 unspecified atom stereocenters. The molecule has 0 aliphatic heterocycles. The van der Waals surface area contributed by atoms with Gasteiger partial charge in [-0.3, -0.25) is 10.1 Å². The molecule has 0 bridgehead atoms. The van der Waals surface area contributed by atoms with Crippen molar-refractivity contribution in [1.29, 1.82) is 0 Å². The zero-order valence-electron chi connectivity index (χ0n) is 9.91. The standard InChI is InChI=1S/C11H16N2O5/c1-12-8-3-2-7(6-9(8)13(17)18)11(16)10(15)4-5-14/h2-3,6,10-12,14-16H,4-5H2,1H3. The first-order valence-electron chi connectivity index (χ1n) is 5.44. The van der Waals surface area contributed by atoms with Crippen molar-refractivity contribution in [2.75, 3.05) is 19.0 Å². The van der Waals surface area contributed by atoms with Gasteiger partial charge in [-0.2, -0.15) is 0 Å². The predicted molar refractivity (Wildman–Crippen MR) is 65.3 cm³/mol. The van der Waals surface area contributed by atoms with E-state index in [0.717, 1.165) is 0 Å². The summed E-state index contributed by atoms with van der Waals surface area (Å²) >= 11 is 0. The van der Waals surface area contributed by atoms with Crippen LogP contribution in [0, 0.1) is 10.1 Å². The minimum absolute atomic E-state index is 0.00272. The Morgan fingerprint density at radius 1 is 1.44 bits per heavy atom. The molecule has 0 amide bonds. The minimum atomic E-state index is -1.26. The second-order valence-electron chi connectivity index (χ2n) is 3.81. The van der Waals surface area contributed by atoms with E-state index < -0.39 is 17.1 Å². The van der Waals surface area contributed by atoms with Gasteiger partial charge in [0.25, 0.3) is 5.69 Å². The van der Waals surface area contributed by atoms with Crippen LogP contribution in [-0.2, 0) is 0 Å². The molecule has 2 atom stereocenters. The van der Waals surface area contributed by atoms with Gasteiger partial charge in [-0.15, -0.1) is 0 Å². The second kappa shape index (κ2) is 6.29. The Bertz CT molecular complexity index is 424. The van der Waals surface area contributed by atoms with Crippen LogP contribution in [0.5, 0.6) is 0 Å². The number of anilines is 1. The third kappa shape index (κ3) is 3.16. The van der Waals surface area contributed by atoms with Crippen LogP contribution in [0.15, 0.2) is 18.2 Å². The third-order valence-electron chi connectivity index (χ3n) is 2.62. The van der Waals surface area contributed by atoms with Crippen LogP contribution in [0.25, 0.3) is 0 Å². The highest BCUT2D eigenvalue weighted by atomic mass is 16.6. The summed E-state index contributed by atoms with van der Waals surface area (Å²) in [5.74, 6) is 0. The Labute approximate surface area is 104 Å². The molecular weight excluding hydrogens is 240 g/mol. The van der Waals surface area contributed by atoms with Crippen LogP contribution >= 0.6 is 0 Å². The van der Waals surface area contributed by atoms with E-state index in [9.17, 15) is 20.3 Å². The zero-order chi connectivity index (χ0) is 13.7. The lowest BCUT2D eigenvalue weighted by molar-refractivity contribution is -0.384. The zero-order valence-corrected chi connectivity index (χ0v) is 9.91. The Morgan fingerprint density at radius 2 is 2.11 bits per heavy atom. The van der Waals surface area contributed by atoms with E-state index in [1.165, 1.54) is 18.2 Å². The van der Waals surface area contributed by atoms with Crippen LogP contribution in [0.4, 0.5) is 11.4 Å². The molecule has 0 spiro atoms. The van der Waals surface area contributed by atoms with E-state index in [-0.39, 0.29) is 24.3 Å². The summed E-state index contributed by atoms with van der Waals surface area (Å²) < 4.78 is 0. The highest BCUT2D eigenvalue weighted by molar-refractivity contribution is 5.62. The van der Waals surface area contributed by atoms with E-state index in [1.807, 2.05) is 0 Å². The molecule has 18 heavy (non-hydrogen) atoms. The molecule has 1 rings (SSSR count). The molecule has 0 aliphatic rings. The van der Waals surface area contributed by atoms with Gasteiger partial charge in [-0.25, -0.2) is 0 Å². The predicted octanol–water partition coefficient (Wildman–Crippen LogP) is 0.413. The molecule has 1 aromatic rings. The fourth-order valence-corrected chi connectivity index (χ4v) is 1.61. The normalized spacial score (nSPS) is 14.0. The van der Waals surface area contributed by atoms with Crippen molar-refractivity contribution in [3.05, 3.63) is 33.9 Å². The Kier molecular flexibility index (Phi) is 5.02. The van der Waals surface area contributed by atoms with E-state index in [2.05, 4.69) is 5.32 Å². The summed E-state index contributed by atoms with van der Waals surface area (Å²) in [7, 11) is 1.55. The molecule has 0 heterocycles. The maximum Gasteiger partial charge on any atom is 0.292 e. The summed E-state index contributed by atoms with van der Waals surface area (Å²) in [6.07, 6.45) is -2.42. The van der Waals surface area contributed by atoms with Gasteiger partial charge in [0.15, 0.2) is 0 Å². The van der Waals surface area contributed by atoms with Crippen LogP contribution < -0.4 is 5.32 Å². The first-order valence-corrected chi connectivity index (χ1v) is 5.44. The molecule has 0 aromatic heterocycles. The summed E-state index contributed by atoms with van der Waals surface area (Å²) in [5, 5.41) is 41.5. The first-order chi connectivity index (χ1) is 8.51. The fourth-order valence-electron chi connectivity index (χ4n) is 1.61. The smallest absolute Gasteiger partial charge is 0.292 e. The summed E-state index contributed by atoms with van der Waals surface area (Å²) in [5.41, 5.74) is 0.388. The Balaban J connectivity index is 3.04. The number of nitrogens with one attached hydrogen (secondary N) is 1. The number of hydrogen-bond acceptors (Lipinski definition) is 6. The van der Waals surface area contributed by atoms with Crippen molar-refractivity contribution in [2.24, 2.45) is 0 Å². The van der Waals surface area contributed by atoms with Gasteiger partial charge >= 0.3 is 0 Å². The maximum absolute atomic E-state index is 10.8. The van der Waals surface area contributed by atoms with Crippen molar-refractivity contribution in [1.82, 2.24) is 0 Å². The maximum atomic E-state index is 10.8. The van der Waals surface area contributed by atoms with Crippen molar-refractivity contribution >= 4 is 11.4 Å². The van der Waals surface area contributed by atoms with Crippen LogP contribution in [-0.4, -0.2) is 40.0 Å².